The summed E-state index contributed by atoms with van der Waals surface area (Å²) in [4.78, 5) is 27.6. The molecule has 3 N–H and O–H groups in total. The molecule has 1 rings (SSSR count). The van der Waals surface area contributed by atoms with Crippen LogP contribution in [-0.4, -0.2) is 38.3 Å². The molecule has 8 nitrogen and oxygen atoms in total. The molecule has 0 bridgehead atoms. The van der Waals surface area contributed by atoms with Crippen LogP contribution in [-0.2, 0) is 9.53 Å². The maximum Gasteiger partial charge on any atom is 0.534 e. The maximum absolute atomic E-state index is 11.7. The van der Waals surface area contributed by atoms with Gasteiger partial charge in [0.1, 0.15) is 6.10 Å². The molecule has 0 aliphatic carbocycles. The molecule has 0 amide bonds. The Kier molecular flexibility index (Phi) is 4.72. The number of aromatic hydroxyl groups is 2. The van der Waals surface area contributed by atoms with Crippen molar-refractivity contribution in [2.24, 2.45) is 11.3 Å². The van der Waals surface area contributed by atoms with Gasteiger partial charge in [0.15, 0.2) is 0 Å². The minimum absolute atomic E-state index is 0.282. The van der Waals surface area contributed by atoms with Gasteiger partial charge in [-0.1, -0.05) is 13.8 Å². The van der Waals surface area contributed by atoms with Crippen molar-refractivity contribution in [1.29, 1.82) is 0 Å². The summed E-state index contributed by atoms with van der Waals surface area (Å²) >= 11 is 0. The van der Waals surface area contributed by atoms with E-state index in [1.54, 1.807) is 13.8 Å². The number of rotatable bonds is 5. The Morgan fingerprint density at radius 1 is 1.19 bits per heavy atom. The number of carbonyl (C=O) groups is 2. The molecule has 0 fully saturated rings. The topological polar surface area (TPSA) is 118 Å². The van der Waals surface area contributed by atoms with Crippen LogP contribution in [0.25, 0.3) is 0 Å². The van der Waals surface area contributed by atoms with Gasteiger partial charge in [-0.25, -0.2) is 4.79 Å². The Hall–Kier alpha value is -2.38. The third-order valence-electron chi connectivity index (χ3n) is 3.05. The fraction of sp³-hybridized carbons (Fsp3) is 0.538. The summed E-state index contributed by atoms with van der Waals surface area (Å²) in [7, 11) is 0. The minimum Gasteiger partial charge on any atom is -0.492 e. The second-order valence-corrected chi connectivity index (χ2v) is 5.49. The van der Waals surface area contributed by atoms with Crippen molar-refractivity contribution in [2.75, 3.05) is 0 Å². The van der Waals surface area contributed by atoms with Crippen LogP contribution in [0.15, 0.2) is 12.1 Å². The Morgan fingerprint density at radius 2 is 1.67 bits per heavy atom. The molecule has 8 heteroatoms. The highest BCUT2D eigenvalue weighted by atomic mass is 16.8. The van der Waals surface area contributed by atoms with E-state index in [0.717, 1.165) is 12.1 Å². The lowest BCUT2D eigenvalue weighted by atomic mass is 9.81. The predicted molar refractivity (Wildman–Crippen MR) is 70.9 cm³/mol. The van der Waals surface area contributed by atoms with Crippen LogP contribution in [0, 0.1) is 11.3 Å². The van der Waals surface area contributed by atoms with Crippen LogP contribution in [0.4, 0.5) is 4.79 Å². The van der Waals surface area contributed by atoms with Gasteiger partial charge in [0.25, 0.3) is 0 Å². The molecule has 118 valence electrons. The minimum atomic E-state index is -1.33. The summed E-state index contributed by atoms with van der Waals surface area (Å²) in [5, 5.41) is 27.9. The Balaban J connectivity index is 2.86. The molecular formula is C13H19NO7. The van der Waals surface area contributed by atoms with Crippen LogP contribution >= 0.6 is 0 Å². The normalized spacial score (nSPS) is 13.0. The smallest absolute Gasteiger partial charge is 0.492 e. The highest BCUT2D eigenvalue weighted by Crippen LogP contribution is 2.30. The SMILES string of the molecule is CC(C)C(OC(=O)On1c(O)ccc1O)C(C)(C)C(=O)O. The zero-order chi connectivity index (χ0) is 16.4. The summed E-state index contributed by atoms with van der Waals surface area (Å²) in [5.41, 5.74) is -1.33. The lowest BCUT2D eigenvalue weighted by Crippen LogP contribution is -2.44. The molecule has 1 aromatic rings. The van der Waals surface area contributed by atoms with Gasteiger partial charge in [0.2, 0.25) is 11.8 Å². The second kappa shape index (κ2) is 5.94. The molecule has 0 saturated heterocycles. The third-order valence-corrected chi connectivity index (χ3v) is 3.05. The second-order valence-electron chi connectivity index (χ2n) is 5.49. The first-order chi connectivity index (χ1) is 9.57. The summed E-state index contributed by atoms with van der Waals surface area (Å²) < 4.78 is 5.50. The number of carboxylic acids is 1. The molecule has 0 aliphatic heterocycles. The molecule has 21 heavy (non-hydrogen) atoms. The quantitative estimate of drug-likeness (QED) is 0.707. The predicted octanol–water partition coefficient (Wildman–Crippen LogP) is 1.60. The number of aromatic nitrogens is 1. The molecule has 1 aromatic heterocycles. The average Bonchev–Trinajstić information content (AvgIpc) is 2.67. The molecule has 1 unspecified atom stereocenters. The van der Waals surface area contributed by atoms with Gasteiger partial charge in [0.05, 0.1) is 5.41 Å². The van der Waals surface area contributed by atoms with Crippen LogP contribution < -0.4 is 4.84 Å². The first-order valence-electron chi connectivity index (χ1n) is 6.29. The van der Waals surface area contributed by atoms with Crippen LogP contribution in [0.3, 0.4) is 0 Å². The average molecular weight is 301 g/mol. The van der Waals surface area contributed by atoms with Crippen molar-refractivity contribution >= 4 is 12.1 Å². The van der Waals surface area contributed by atoms with E-state index >= 15 is 0 Å². The van der Waals surface area contributed by atoms with Crippen molar-refractivity contribution in [1.82, 2.24) is 4.73 Å². The number of hydrogen-bond donors (Lipinski definition) is 3. The van der Waals surface area contributed by atoms with Gasteiger partial charge in [-0.3, -0.25) is 9.63 Å². The van der Waals surface area contributed by atoms with Crippen molar-refractivity contribution in [2.45, 2.75) is 33.8 Å². The summed E-state index contributed by atoms with van der Waals surface area (Å²) in [6.45, 7) is 6.26. The van der Waals surface area contributed by atoms with Crippen molar-refractivity contribution in [3.05, 3.63) is 12.1 Å². The van der Waals surface area contributed by atoms with Crippen molar-refractivity contribution in [3.63, 3.8) is 0 Å². The van der Waals surface area contributed by atoms with E-state index in [2.05, 4.69) is 4.84 Å². The number of hydrogen-bond acceptors (Lipinski definition) is 6. The van der Waals surface area contributed by atoms with E-state index in [0.29, 0.717) is 4.73 Å². The summed E-state index contributed by atoms with van der Waals surface area (Å²) in [6.07, 6.45) is -2.19. The molecule has 1 atom stereocenters. The molecule has 0 spiro atoms. The van der Waals surface area contributed by atoms with E-state index < -0.39 is 35.4 Å². The third kappa shape index (κ3) is 3.59. The zero-order valence-electron chi connectivity index (χ0n) is 12.2. The monoisotopic (exact) mass is 301 g/mol. The number of carbonyl (C=O) groups excluding carboxylic acids is 1. The van der Waals surface area contributed by atoms with Gasteiger partial charge < -0.3 is 20.1 Å². The lowest BCUT2D eigenvalue weighted by molar-refractivity contribution is -0.156. The van der Waals surface area contributed by atoms with Gasteiger partial charge in [0, 0.05) is 12.1 Å². The maximum atomic E-state index is 11.7. The van der Waals surface area contributed by atoms with Gasteiger partial charge in [-0.15, -0.1) is 4.73 Å². The van der Waals surface area contributed by atoms with Crippen LogP contribution in [0.1, 0.15) is 27.7 Å². The van der Waals surface area contributed by atoms with Crippen LogP contribution in [0.5, 0.6) is 11.8 Å². The van der Waals surface area contributed by atoms with Crippen LogP contribution in [0.2, 0.25) is 0 Å². The van der Waals surface area contributed by atoms with Gasteiger partial charge >= 0.3 is 12.1 Å². The largest absolute Gasteiger partial charge is 0.534 e. The lowest BCUT2D eigenvalue weighted by Gasteiger charge is -2.32. The highest BCUT2D eigenvalue weighted by Gasteiger charge is 2.42. The molecule has 0 saturated carbocycles. The van der Waals surface area contributed by atoms with Gasteiger partial charge in [-0.05, 0) is 19.8 Å². The van der Waals surface area contributed by atoms with E-state index in [4.69, 9.17) is 4.74 Å². The number of ether oxygens (including phenoxy) is 1. The first kappa shape index (κ1) is 16.7. The van der Waals surface area contributed by atoms with E-state index in [9.17, 15) is 24.9 Å². The zero-order valence-corrected chi connectivity index (χ0v) is 12.2. The molecule has 0 aromatic carbocycles. The molecule has 0 radical (unpaired) electrons. The molecule has 1 heterocycles. The fourth-order valence-corrected chi connectivity index (χ4v) is 1.93. The number of carboxylic acid groups (broad SMARTS) is 1. The highest BCUT2D eigenvalue weighted by molar-refractivity contribution is 5.75. The van der Waals surface area contributed by atoms with E-state index in [1.165, 1.54) is 13.8 Å². The van der Waals surface area contributed by atoms with Crippen molar-refractivity contribution < 1.29 is 34.5 Å². The standard InChI is InChI=1S/C13H19NO7/c1-7(2)10(13(3,4)11(17)18)20-12(19)21-14-8(15)5-6-9(14)16/h5-7,10,15-16H,1-4H3,(H,17,18). The fourth-order valence-electron chi connectivity index (χ4n) is 1.93. The number of aliphatic carboxylic acids is 1. The first-order valence-corrected chi connectivity index (χ1v) is 6.29. The molecule has 0 aliphatic rings. The Bertz CT molecular complexity index is 513. The van der Waals surface area contributed by atoms with E-state index in [1.807, 2.05) is 0 Å². The van der Waals surface area contributed by atoms with Crippen molar-refractivity contribution in [3.8, 4) is 11.8 Å². The Morgan fingerprint density at radius 3 is 2.05 bits per heavy atom. The summed E-state index contributed by atoms with van der Waals surface area (Å²) in [5.74, 6) is -2.40. The number of nitrogens with zero attached hydrogens (tertiary/aromatic N) is 1. The summed E-state index contributed by atoms with van der Waals surface area (Å²) in [6, 6.07) is 2.23. The Labute approximate surface area is 121 Å². The molecular weight excluding hydrogens is 282 g/mol. The van der Waals surface area contributed by atoms with E-state index in [-0.39, 0.29) is 5.92 Å². The van der Waals surface area contributed by atoms with Gasteiger partial charge in [-0.2, -0.15) is 0 Å².